The predicted octanol–water partition coefficient (Wildman–Crippen LogP) is 0.591. The van der Waals surface area contributed by atoms with Crippen molar-refractivity contribution in [3.63, 3.8) is 0 Å². The number of nitrogens with two attached hydrogens (primary N) is 1. The summed E-state index contributed by atoms with van der Waals surface area (Å²) in [6.45, 7) is 4.02. The topological polar surface area (TPSA) is 55.1 Å². The predicted molar refractivity (Wildman–Crippen MR) is 54.3 cm³/mol. The fraction of sp³-hybridized carbons (Fsp3) is 0.875. The molecule has 0 heterocycles. The highest BCUT2D eigenvalue weighted by atomic mass is 32.2. The largest absolute Gasteiger partial charge is 0.368 e. The SMILES string of the molecule is CSCCC(NC(C)C)C(N)=O. The lowest BCUT2D eigenvalue weighted by atomic mass is 10.2. The molecule has 12 heavy (non-hydrogen) atoms. The number of nitrogens with one attached hydrogen (secondary N) is 1. The molecule has 3 N–H and O–H groups in total. The van der Waals surface area contributed by atoms with Gasteiger partial charge in [-0.15, -0.1) is 0 Å². The van der Waals surface area contributed by atoms with Crippen molar-refractivity contribution in [3.8, 4) is 0 Å². The van der Waals surface area contributed by atoms with Crippen LogP contribution in [0.4, 0.5) is 0 Å². The van der Waals surface area contributed by atoms with Crippen LogP contribution in [-0.2, 0) is 4.79 Å². The molecule has 1 unspecified atom stereocenters. The molecule has 0 aromatic carbocycles. The number of amides is 1. The normalized spacial score (nSPS) is 13.3. The van der Waals surface area contributed by atoms with Crippen LogP contribution in [0.2, 0.25) is 0 Å². The van der Waals surface area contributed by atoms with Gasteiger partial charge in [-0.05, 0) is 18.4 Å². The Balaban J connectivity index is 3.78. The Kier molecular flexibility index (Phi) is 6.20. The minimum absolute atomic E-state index is 0.169. The Labute approximate surface area is 78.5 Å². The lowest BCUT2D eigenvalue weighted by molar-refractivity contribution is -0.120. The van der Waals surface area contributed by atoms with Gasteiger partial charge in [0.2, 0.25) is 5.91 Å². The summed E-state index contributed by atoms with van der Waals surface area (Å²) in [5.41, 5.74) is 5.22. The number of carbonyl (C=O) groups excluding carboxylic acids is 1. The van der Waals surface area contributed by atoms with E-state index in [0.29, 0.717) is 6.04 Å². The summed E-state index contributed by atoms with van der Waals surface area (Å²) in [6.07, 6.45) is 2.84. The number of hydrogen-bond donors (Lipinski definition) is 2. The quantitative estimate of drug-likeness (QED) is 0.644. The van der Waals surface area contributed by atoms with Crippen molar-refractivity contribution in [1.82, 2.24) is 5.32 Å². The molecule has 72 valence electrons. The van der Waals surface area contributed by atoms with Crippen LogP contribution in [0.15, 0.2) is 0 Å². The van der Waals surface area contributed by atoms with E-state index in [2.05, 4.69) is 5.32 Å². The molecule has 0 rings (SSSR count). The molecule has 3 nitrogen and oxygen atoms in total. The van der Waals surface area contributed by atoms with Crippen molar-refractivity contribution in [2.45, 2.75) is 32.4 Å². The van der Waals surface area contributed by atoms with E-state index in [9.17, 15) is 4.79 Å². The molecule has 1 atom stereocenters. The van der Waals surface area contributed by atoms with Gasteiger partial charge in [0.15, 0.2) is 0 Å². The summed E-state index contributed by atoms with van der Waals surface area (Å²) in [5, 5.41) is 3.13. The van der Waals surface area contributed by atoms with Crippen LogP contribution in [0.5, 0.6) is 0 Å². The summed E-state index contributed by atoms with van der Waals surface area (Å²) in [4.78, 5) is 10.9. The highest BCUT2D eigenvalue weighted by Crippen LogP contribution is 2.00. The Hall–Kier alpha value is -0.220. The fourth-order valence-corrected chi connectivity index (χ4v) is 1.42. The van der Waals surface area contributed by atoms with Gasteiger partial charge in [-0.3, -0.25) is 4.79 Å². The summed E-state index contributed by atoms with van der Waals surface area (Å²) in [6, 6.07) is 0.141. The van der Waals surface area contributed by atoms with Gasteiger partial charge in [0.25, 0.3) is 0 Å². The minimum atomic E-state index is -0.252. The van der Waals surface area contributed by atoms with E-state index in [-0.39, 0.29) is 11.9 Å². The molecule has 0 aromatic heterocycles. The number of thioether (sulfide) groups is 1. The molecule has 0 aliphatic rings. The van der Waals surface area contributed by atoms with Crippen LogP contribution in [0.3, 0.4) is 0 Å². The van der Waals surface area contributed by atoms with E-state index < -0.39 is 0 Å². The lowest BCUT2D eigenvalue weighted by Gasteiger charge is -2.17. The van der Waals surface area contributed by atoms with Gasteiger partial charge < -0.3 is 11.1 Å². The third kappa shape index (κ3) is 5.43. The van der Waals surface area contributed by atoms with Gasteiger partial charge in [-0.2, -0.15) is 11.8 Å². The van der Waals surface area contributed by atoms with Crippen LogP contribution in [0, 0.1) is 0 Å². The number of rotatable bonds is 6. The maximum atomic E-state index is 10.9. The first kappa shape index (κ1) is 11.8. The summed E-state index contributed by atoms with van der Waals surface area (Å²) >= 11 is 1.73. The van der Waals surface area contributed by atoms with E-state index in [1.54, 1.807) is 11.8 Å². The van der Waals surface area contributed by atoms with Gasteiger partial charge in [0, 0.05) is 6.04 Å². The van der Waals surface area contributed by atoms with Crippen LogP contribution < -0.4 is 11.1 Å². The standard InChI is InChI=1S/C8H18N2OS/c1-6(2)10-7(8(9)11)4-5-12-3/h6-7,10H,4-5H2,1-3H3,(H2,9,11). The summed E-state index contributed by atoms with van der Waals surface area (Å²) in [5.74, 6) is 0.714. The van der Waals surface area contributed by atoms with Crippen molar-refractivity contribution in [2.24, 2.45) is 5.73 Å². The lowest BCUT2D eigenvalue weighted by Crippen LogP contribution is -2.44. The first-order chi connectivity index (χ1) is 5.57. The van der Waals surface area contributed by atoms with Crippen LogP contribution in [0.1, 0.15) is 20.3 Å². The third-order valence-corrected chi connectivity index (χ3v) is 2.13. The van der Waals surface area contributed by atoms with E-state index in [4.69, 9.17) is 5.73 Å². The molecule has 0 aromatic rings. The zero-order valence-corrected chi connectivity index (χ0v) is 8.78. The van der Waals surface area contributed by atoms with Crippen LogP contribution in [-0.4, -0.2) is 30.0 Å². The van der Waals surface area contributed by atoms with Gasteiger partial charge in [-0.1, -0.05) is 13.8 Å². The maximum Gasteiger partial charge on any atom is 0.234 e. The van der Waals surface area contributed by atoms with E-state index >= 15 is 0 Å². The van der Waals surface area contributed by atoms with E-state index in [0.717, 1.165) is 12.2 Å². The van der Waals surface area contributed by atoms with E-state index in [1.165, 1.54) is 0 Å². The minimum Gasteiger partial charge on any atom is -0.368 e. The van der Waals surface area contributed by atoms with Gasteiger partial charge in [-0.25, -0.2) is 0 Å². The highest BCUT2D eigenvalue weighted by Gasteiger charge is 2.14. The molecule has 1 amide bonds. The van der Waals surface area contributed by atoms with Crippen LogP contribution >= 0.6 is 11.8 Å². The zero-order valence-electron chi connectivity index (χ0n) is 7.96. The molecule has 0 aliphatic carbocycles. The molecule has 0 radical (unpaired) electrons. The van der Waals surface area contributed by atoms with Gasteiger partial charge in [0.1, 0.15) is 0 Å². The van der Waals surface area contributed by atoms with E-state index in [1.807, 2.05) is 20.1 Å². The highest BCUT2D eigenvalue weighted by molar-refractivity contribution is 7.98. The average Bonchev–Trinajstić information content (AvgIpc) is 1.96. The Bertz CT molecular complexity index is 139. The molecule has 0 bridgehead atoms. The van der Waals surface area contributed by atoms with Crippen molar-refractivity contribution in [1.29, 1.82) is 0 Å². The molecular formula is C8H18N2OS. The first-order valence-electron chi connectivity index (χ1n) is 4.12. The molecule has 0 spiro atoms. The monoisotopic (exact) mass is 190 g/mol. The van der Waals surface area contributed by atoms with Crippen molar-refractivity contribution >= 4 is 17.7 Å². The number of hydrogen-bond acceptors (Lipinski definition) is 3. The summed E-state index contributed by atoms with van der Waals surface area (Å²) in [7, 11) is 0. The third-order valence-electron chi connectivity index (χ3n) is 1.49. The fourth-order valence-electron chi connectivity index (χ4n) is 0.946. The second kappa shape index (κ2) is 6.31. The van der Waals surface area contributed by atoms with Crippen LogP contribution in [0.25, 0.3) is 0 Å². The molecule has 0 saturated heterocycles. The zero-order chi connectivity index (χ0) is 9.56. The number of carbonyl (C=O) groups is 1. The van der Waals surface area contributed by atoms with Crippen molar-refractivity contribution in [2.75, 3.05) is 12.0 Å². The van der Waals surface area contributed by atoms with Gasteiger partial charge in [0.05, 0.1) is 6.04 Å². The smallest absolute Gasteiger partial charge is 0.234 e. The Morgan fingerprint density at radius 3 is 2.50 bits per heavy atom. The first-order valence-corrected chi connectivity index (χ1v) is 5.51. The second-order valence-corrected chi connectivity index (χ2v) is 4.04. The molecule has 0 aliphatic heterocycles. The Morgan fingerprint density at radius 1 is 1.58 bits per heavy atom. The number of primary amides is 1. The summed E-state index contributed by atoms with van der Waals surface area (Å²) < 4.78 is 0. The van der Waals surface area contributed by atoms with Crippen molar-refractivity contribution in [3.05, 3.63) is 0 Å². The average molecular weight is 190 g/mol. The molecule has 4 heteroatoms. The van der Waals surface area contributed by atoms with Crippen molar-refractivity contribution < 1.29 is 4.79 Å². The van der Waals surface area contributed by atoms with Gasteiger partial charge >= 0.3 is 0 Å². The molecule has 0 saturated carbocycles. The Morgan fingerprint density at radius 2 is 2.17 bits per heavy atom. The second-order valence-electron chi connectivity index (χ2n) is 3.06. The maximum absolute atomic E-state index is 10.9. The molecular weight excluding hydrogens is 172 g/mol. The molecule has 0 fully saturated rings.